The summed E-state index contributed by atoms with van der Waals surface area (Å²) in [6.07, 6.45) is 5.95. The minimum absolute atomic E-state index is 0.298. The Bertz CT molecular complexity index is 568. The van der Waals surface area contributed by atoms with E-state index in [9.17, 15) is 5.11 Å². The summed E-state index contributed by atoms with van der Waals surface area (Å²) in [6, 6.07) is 4.25. The van der Waals surface area contributed by atoms with Crippen LogP contribution < -0.4 is 0 Å². The molecule has 3 rings (SSSR count). The highest BCUT2D eigenvalue weighted by atomic mass is 16.3. The molecular weight excluding hydrogens is 238 g/mol. The molecule has 2 aromatic rings. The highest BCUT2D eigenvalue weighted by Gasteiger charge is 2.24. The maximum Gasteiger partial charge on any atom is 0.132 e. The van der Waals surface area contributed by atoms with Crippen LogP contribution in [0.4, 0.5) is 0 Å². The lowest BCUT2D eigenvalue weighted by atomic mass is 9.95. The van der Waals surface area contributed by atoms with E-state index < -0.39 is 0 Å². The summed E-state index contributed by atoms with van der Waals surface area (Å²) in [5.74, 6) is 1.89. The van der Waals surface area contributed by atoms with Crippen LogP contribution in [0.3, 0.4) is 0 Å². The Hall–Kier alpha value is -1.55. The van der Waals surface area contributed by atoms with Crippen molar-refractivity contribution in [1.82, 2.24) is 14.3 Å². The summed E-state index contributed by atoms with van der Waals surface area (Å²) in [7, 11) is 0. The number of hydrogen-bond acceptors (Lipinski definition) is 3. The smallest absolute Gasteiger partial charge is 0.132 e. The minimum atomic E-state index is 0.298. The number of pyridine rings is 1. The SMILES string of the molecule is CC(C)N1CCC(c2ncc3ccc(O)cn23)CC1. The molecule has 0 aromatic carbocycles. The average molecular weight is 259 g/mol. The quantitative estimate of drug-likeness (QED) is 0.901. The van der Waals surface area contributed by atoms with Crippen LogP contribution in [0.5, 0.6) is 5.75 Å². The third-order valence-electron chi connectivity index (χ3n) is 4.17. The molecule has 0 saturated carbocycles. The van der Waals surface area contributed by atoms with Crippen molar-refractivity contribution in [3.63, 3.8) is 0 Å². The first-order chi connectivity index (χ1) is 9.15. The van der Waals surface area contributed by atoms with Crippen LogP contribution in [0.2, 0.25) is 0 Å². The highest BCUT2D eigenvalue weighted by Crippen LogP contribution is 2.29. The summed E-state index contributed by atoms with van der Waals surface area (Å²) in [5.41, 5.74) is 1.05. The fraction of sp³-hybridized carbons (Fsp3) is 0.533. The van der Waals surface area contributed by atoms with Gasteiger partial charge >= 0.3 is 0 Å². The van der Waals surface area contributed by atoms with Gasteiger partial charge in [0.1, 0.15) is 11.6 Å². The Kier molecular flexibility index (Phi) is 3.19. The van der Waals surface area contributed by atoms with E-state index in [1.165, 1.54) is 0 Å². The molecule has 0 spiro atoms. The molecule has 0 aliphatic carbocycles. The van der Waals surface area contributed by atoms with Crippen molar-refractivity contribution in [3.8, 4) is 5.75 Å². The van der Waals surface area contributed by atoms with Crippen molar-refractivity contribution in [3.05, 3.63) is 30.4 Å². The van der Waals surface area contributed by atoms with Crippen molar-refractivity contribution in [2.24, 2.45) is 0 Å². The predicted molar refractivity (Wildman–Crippen MR) is 75.5 cm³/mol. The number of fused-ring (bicyclic) bond motifs is 1. The first-order valence-electron chi connectivity index (χ1n) is 7.05. The number of likely N-dealkylation sites (tertiary alicyclic amines) is 1. The molecule has 1 aliphatic rings. The van der Waals surface area contributed by atoms with E-state index in [2.05, 4.69) is 23.7 Å². The first kappa shape index (κ1) is 12.5. The second-order valence-corrected chi connectivity index (χ2v) is 5.70. The molecule has 0 radical (unpaired) electrons. The fourth-order valence-corrected chi connectivity index (χ4v) is 2.98. The monoisotopic (exact) mass is 259 g/mol. The van der Waals surface area contributed by atoms with E-state index in [-0.39, 0.29) is 0 Å². The van der Waals surface area contributed by atoms with Crippen LogP contribution in [0.1, 0.15) is 38.4 Å². The number of piperidine rings is 1. The van der Waals surface area contributed by atoms with Crippen LogP contribution in [-0.4, -0.2) is 38.5 Å². The molecule has 4 nitrogen and oxygen atoms in total. The number of rotatable bonds is 2. The molecule has 0 unspecified atom stereocenters. The lowest BCUT2D eigenvalue weighted by Gasteiger charge is -2.34. The summed E-state index contributed by atoms with van der Waals surface area (Å²) < 4.78 is 2.03. The zero-order valence-corrected chi connectivity index (χ0v) is 11.6. The summed E-state index contributed by atoms with van der Waals surface area (Å²) in [4.78, 5) is 7.08. The standard InChI is InChI=1S/C15H21N3O/c1-11(2)17-7-5-12(6-8-17)15-16-9-13-3-4-14(19)10-18(13)15/h3-4,9-12,19H,5-8H2,1-2H3. The zero-order chi connectivity index (χ0) is 13.4. The normalized spacial score (nSPS) is 18.5. The van der Waals surface area contributed by atoms with Gasteiger partial charge < -0.3 is 10.0 Å². The summed E-state index contributed by atoms with van der Waals surface area (Å²) in [5, 5.41) is 9.63. The molecule has 3 heterocycles. The van der Waals surface area contributed by atoms with Gasteiger partial charge in [-0.25, -0.2) is 4.98 Å². The maximum absolute atomic E-state index is 9.63. The van der Waals surface area contributed by atoms with Gasteiger partial charge in [0.15, 0.2) is 0 Å². The van der Waals surface area contributed by atoms with Crippen molar-refractivity contribution in [2.45, 2.75) is 38.6 Å². The van der Waals surface area contributed by atoms with Gasteiger partial charge in [-0.05, 0) is 51.9 Å². The van der Waals surface area contributed by atoms with Gasteiger partial charge in [-0.15, -0.1) is 0 Å². The van der Waals surface area contributed by atoms with Gasteiger partial charge in [0.05, 0.1) is 17.9 Å². The number of aromatic nitrogens is 2. The van der Waals surface area contributed by atoms with E-state index in [4.69, 9.17) is 0 Å². The van der Waals surface area contributed by atoms with Crippen LogP contribution >= 0.6 is 0 Å². The molecule has 19 heavy (non-hydrogen) atoms. The lowest BCUT2D eigenvalue weighted by molar-refractivity contribution is 0.169. The molecule has 1 saturated heterocycles. The van der Waals surface area contributed by atoms with Crippen molar-refractivity contribution >= 4 is 5.52 Å². The number of hydrogen-bond donors (Lipinski definition) is 1. The Morgan fingerprint density at radius 3 is 2.68 bits per heavy atom. The minimum Gasteiger partial charge on any atom is -0.506 e. The molecule has 2 aromatic heterocycles. The van der Waals surface area contributed by atoms with E-state index in [0.717, 1.165) is 37.3 Å². The molecule has 0 bridgehead atoms. The molecular formula is C15H21N3O. The second kappa shape index (κ2) is 4.85. The van der Waals surface area contributed by atoms with Crippen molar-refractivity contribution in [2.75, 3.05) is 13.1 Å². The number of imidazole rings is 1. The molecule has 1 N–H and O–H groups in total. The lowest BCUT2D eigenvalue weighted by Crippen LogP contribution is -2.38. The van der Waals surface area contributed by atoms with E-state index in [0.29, 0.717) is 17.7 Å². The fourth-order valence-electron chi connectivity index (χ4n) is 2.98. The molecule has 1 fully saturated rings. The van der Waals surface area contributed by atoms with Gasteiger partial charge in [-0.3, -0.25) is 4.40 Å². The summed E-state index contributed by atoms with van der Waals surface area (Å²) >= 11 is 0. The number of aromatic hydroxyl groups is 1. The largest absolute Gasteiger partial charge is 0.506 e. The van der Waals surface area contributed by atoms with E-state index >= 15 is 0 Å². The third-order valence-corrected chi connectivity index (χ3v) is 4.17. The molecule has 102 valence electrons. The Morgan fingerprint density at radius 2 is 2.00 bits per heavy atom. The predicted octanol–water partition coefficient (Wildman–Crippen LogP) is 2.63. The maximum atomic E-state index is 9.63. The van der Waals surface area contributed by atoms with Crippen LogP contribution in [-0.2, 0) is 0 Å². The Balaban J connectivity index is 1.84. The van der Waals surface area contributed by atoms with Gasteiger partial charge in [0, 0.05) is 12.0 Å². The van der Waals surface area contributed by atoms with Crippen LogP contribution in [0, 0.1) is 0 Å². The second-order valence-electron chi connectivity index (χ2n) is 5.70. The van der Waals surface area contributed by atoms with Crippen molar-refractivity contribution < 1.29 is 5.11 Å². The summed E-state index contributed by atoms with van der Waals surface area (Å²) in [6.45, 7) is 6.78. The van der Waals surface area contributed by atoms with Gasteiger partial charge in [-0.2, -0.15) is 0 Å². The Morgan fingerprint density at radius 1 is 1.26 bits per heavy atom. The number of nitrogens with zero attached hydrogens (tertiary/aromatic N) is 3. The topological polar surface area (TPSA) is 40.8 Å². The molecule has 4 heteroatoms. The van der Waals surface area contributed by atoms with Gasteiger partial charge in [0.25, 0.3) is 0 Å². The van der Waals surface area contributed by atoms with Gasteiger partial charge in [-0.1, -0.05) is 0 Å². The Labute approximate surface area is 113 Å². The van der Waals surface area contributed by atoms with Crippen LogP contribution in [0.25, 0.3) is 5.52 Å². The average Bonchev–Trinajstić information content (AvgIpc) is 2.81. The molecule has 0 atom stereocenters. The van der Waals surface area contributed by atoms with Crippen LogP contribution in [0.15, 0.2) is 24.5 Å². The van der Waals surface area contributed by atoms with E-state index in [1.807, 2.05) is 16.7 Å². The van der Waals surface area contributed by atoms with Crippen molar-refractivity contribution in [1.29, 1.82) is 0 Å². The highest BCUT2D eigenvalue weighted by molar-refractivity contribution is 5.48. The zero-order valence-electron chi connectivity index (χ0n) is 11.6. The van der Waals surface area contributed by atoms with E-state index in [1.54, 1.807) is 12.3 Å². The molecule has 1 aliphatic heterocycles. The third kappa shape index (κ3) is 2.32. The molecule has 0 amide bonds. The van der Waals surface area contributed by atoms with Gasteiger partial charge in [0.2, 0.25) is 0 Å². The first-order valence-corrected chi connectivity index (χ1v) is 7.05.